The third-order valence-corrected chi connectivity index (χ3v) is 3.63. The van der Waals surface area contributed by atoms with Gasteiger partial charge in [-0.15, -0.1) is 11.6 Å². The van der Waals surface area contributed by atoms with Crippen LogP contribution in [-0.2, 0) is 6.42 Å². The van der Waals surface area contributed by atoms with Gasteiger partial charge in [-0.2, -0.15) is 0 Å². The van der Waals surface area contributed by atoms with E-state index in [9.17, 15) is 10.2 Å². The average molecular weight is 285 g/mol. The van der Waals surface area contributed by atoms with Crippen LogP contribution in [0, 0.1) is 0 Å². The van der Waals surface area contributed by atoms with Crippen LogP contribution in [0.4, 0.5) is 0 Å². The number of rotatable bonds is 9. The fourth-order valence-electron chi connectivity index (χ4n) is 2.13. The molecule has 0 amide bonds. The second-order valence-electron chi connectivity index (χ2n) is 5.04. The van der Waals surface area contributed by atoms with Crippen molar-refractivity contribution >= 4 is 11.6 Å². The van der Waals surface area contributed by atoms with E-state index in [1.807, 2.05) is 24.3 Å². The molecule has 0 radical (unpaired) electrons. The highest BCUT2D eigenvalue weighted by atomic mass is 35.5. The first-order valence-electron chi connectivity index (χ1n) is 7.20. The predicted molar refractivity (Wildman–Crippen MR) is 80.6 cm³/mol. The van der Waals surface area contributed by atoms with Gasteiger partial charge in [-0.05, 0) is 30.4 Å². The second-order valence-corrected chi connectivity index (χ2v) is 5.42. The van der Waals surface area contributed by atoms with E-state index in [0.29, 0.717) is 12.3 Å². The Labute approximate surface area is 121 Å². The lowest BCUT2D eigenvalue weighted by molar-refractivity contribution is 0.0170. The summed E-state index contributed by atoms with van der Waals surface area (Å²) in [6.45, 7) is 2.21. The Morgan fingerprint density at radius 1 is 1.05 bits per heavy atom. The summed E-state index contributed by atoms with van der Waals surface area (Å²) in [6, 6.07) is 7.88. The standard InChI is InChI=1S/C16H25ClO2/c1-2-3-4-5-6-13-7-9-14(10-8-13)16(19)15(18)11-12-17/h7-10,15-16,18-19H,2-6,11-12H2,1H3. The lowest BCUT2D eigenvalue weighted by atomic mass is 9.99. The molecule has 0 saturated carbocycles. The third kappa shape index (κ3) is 5.94. The van der Waals surface area contributed by atoms with Crippen molar-refractivity contribution in [1.82, 2.24) is 0 Å². The number of hydrogen-bond donors (Lipinski definition) is 2. The molecule has 1 aromatic rings. The quantitative estimate of drug-likeness (QED) is 0.534. The van der Waals surface area contributed by atoms with E-state index in [1.165, 1.54) is 31.2 Å². The van der Waals surface area contributed by atoms with E-state index < -0.39 is 12.2 Å². The van der Waals surface area contributed by atoms with Gasteiger partial charge in [0.2, 0.25) is 0 Å². The monoisotopic (exact) mass is 284 g/mol. The van der Waals surface area contributed by atoms with E-state index in [-0.39, 0.29) is 0 Å². The van der Waals surface area contributed by atoms with Gasteiger partial charge in [0.25, 0.3) is 0 Å². The van der Waals surface area contributed by atoms with Crippen LogP contribution in [0.1, 0.15) is 56.3 Å². The molecule has 2 N–H and O–H groups in total. The molecular weight excluding hydrogens is 260 g/mol. The summed E-state index contributed by atoms with van der Waals surface area (Å²) < 4.78 is 0. The second kappa shape index (κ2) is 9.35. The van der Waals surface area contributed by atoms with E-state index in [4.69, 9.17) is 11.6 Å². The minimum Gasteiger partial charge on any atom is -0.390 e. The maximum Gasteiger partial charge on any atom is 0.105 e. The molecule has 3 heteroatoms. The first-order valence-corrected chi connectivity index (χ1v) is 7.73. The van der Waals surface area contributed by atoms with Gasteiger partial charge in [0.1, 0.15) is 6.10 Å². The zero-order valence-electron chi connectivity index (χ0n) is 11.7. The van der Waals surface area contributed by atoms with Crippen LogP contribution in [-0.4, -0.2) is 22.2 Å². The van der Waals surface area contributed by atoms with Crippen LogP contribution in [0.3, 0.4) is 0 Å². The minimum atomic E-state index is -0.840. The molecule has 2 unspecified atom stereocenters. The zero-order valence-corrected chi connectivity index (χ0v) is 12.4. The number of alkyl halides is 1. The molecule has 2 atom stereocenters. The molecule has 19 heavy (non-hydrogen) atoms. The van der Waals surface area contributed by atoms with Crippen LogP contribution in [0.5, 0.6) is 0 Å². The van der Waals surface area contributed by atoms with Crippen molar-refractivity contribution in [3.63, 3.8) is 0 Å². The van der Waals surface area contributed by atoms with Crippen molar-refractivity contribution in [2.75, 3.05) is 5.88 Å². The number of unbranched alkanes of at least 4 members (excludes halogenated alkanes) is 3. The number of aryl methyl sites for hydroxylation is 1. The molecule has 0 aliphatic heterocycles. The Morgan fingerprint density at radius 2 is 1.74 bits per heavy atom. The first kappa shape index (κ1) is 16.5. The first-order chi connectivity index (χ1) is 9.19. The van der Waals surface area contributed by atoms with Crippen molar-refractivity contribution in [3.8, 4) is 0 Å². The highest BCUT2D eigenvalue weighted by Gasteiger charge is 2.17. The summed E-state index contributed by atoms with van der Waals surface area (Å²) in [5.41, 5.74) is 2.05. The Balaban J connectivity index is 2.46. The normalized spacial score (nSPS) is 14.3. The van der Waals surface area contributed by atoms with E-state index in [1.54, 1.807) is 0 Å². The van der Waals surface area contributed by atoms with Crippen molar-refractivity contribution in [2.45, 2.75) is 57.7 Å². The van der Waals surface area contributed by atoms with Crippen LogP contribution < -0.4 is 0 Å². The number of benzene rings is 1. The molecule has 0 fully saturated rings. The van der Waals surface area contributed by atoms with E-state index in [2.05, 4.69) is 6.92 Å². The molecule has 0 saturated heterocycles. The number of halogens is 1. The van der Waals surface area contributed by atoms with Gasteiger partial charge in [-0.25, -0.2) is 0 Å². The van der Waals surface area contributed by atoms with Gasteiger partial charge < -0.3 is 10.2 Å². The Kier molecular flexibility index (Phi) is 8.11. The van der Waals surface area contributed by atoms with Crippen LogP contribution in [0.25, 0.3) is 0 Å². The largest absolute Gasteiger partial charge is 0.390 e. The van der Waals surface area contributed by atoms with Gasteiger partial charge in [0.15, 0.2) is 0 Å². The summed E-state index contributed by atoms with van der Waals surface area (Å²) in [5.74, 6) is 0.355. The van der Waals surface area contributed by atoms with Crippen LogP contribution >= 0.6 is 11.6 Å². The summed E-state index contributed by atoms with van der Waals surface area (Å²) in [4.78, 5) is 0. The summed E-state index contributed by atoms with van der Waals surface area (Å²) >= 11 is 5.56. The Morgan fingerprint density at radius 3 is 2.32 bits per heavy atom. The van der Waals surface area contributed by atoms with E-state index in [0.717, 1.165) is 12.0 Å². The fraction of sp³-hybridized carbons (Fsp3) is 0.625. The van der Waals surface area contributed by atoms with E-state index >= 15 is 0 Å². The Bertz CT molecular complexity index is 337. The van der Waals surface area contributed by atoms with Crippen molar-refractivity contribution in [2.24, 2.45) is 0 Å². The summed E-state index contributed by atoms with van der Waals surface area (Å²) in [5, 5.41) is 19.7. The average Bonchev–Trinajstić information content (AvgIpc) is 2.44. The molecule has 0 aliphatic carbocycles. The topological polar surface area (TPSA) is 40.5 Å². The minimum absolute atomic E-state index is 0.355. The van der Waals surface area contributed by atoms with Gasteiger partial charge >= 0.3 is 0 Å². The SMILES string of the molecule is CCCCCCc1ccc(C(O)C(O)CCCl)cc1. The lowest BCUT2D eigenvalue weighted by Crippen LogP contribution is -2.18. The smallest absolute Gasteiger partial charge is 0.105 e. The number of aliphatic hydroxyl groups excluding tert-OH is 2. The lowest BCUT2D eigenvalue weighted by Gasteiger charge is -2.17. The fourth-order valence-corrected chi connectivity index (χ4v) is 2.35. The molecule has 0 aromatic heterocycles. The molecule has 2 nitrogen and oxygen atoms in total. The molecule has 0 aliphatic rings. The summed E-state index contributed by atoms with van der Waals surface area (Å²) in [7, 11) is 0. The maximum atomic E-state index is 9.95. The Hall–Kier alpha value is -0.570. The van der Waals surface area contributed by atoms with Gasteiger partial charge in [0.05, 0.1) is 6.10 Å². The molecule has 1 rings (SSSR count). The van der Waals surface area contributed by atoms with Crippen LogP contribution in [0.15, 0.2) is 24.3 Å². The van der Waals surface area contributed by atoms with Crippen molar-refractivity contribution < 1.29 is 10.2 Å². The molecule has 0 heterocycles. The zero-order chi connectivity index (χ0) is 14.1. The van der Waals surface area contributed by atoms with Crippen molar-refractivity contribution in [3.05, 3.63) is 35.4 Å². The van der Waals surface area contributed by atoms with Crippen LogP contribution in [0.2, 0.25) is 0 Å². The molecule has 108 valence electrons. The number of hydrogen-bond acceptors (Lipinski definition) is 2. The predicted octanol–water partition coefficient (Wildman–Crippen LogP) is 3.83. The highest BCUT2D eigenvalue weighted by molar-refractivity contribution is 6.17. The van der Waals surface area contributed by atoms with Gasteiger partial charge in [0, 0.05) is 5.88 Å². The third-order valence-electron chi connectivity index (χ3n) is 3.41. The maximum absolute atomic E-state index is 9.95. The molecular formula is C16H25ClO2. The highest BCUT2D eigenvalue weighted by Crippen LogP contribution is 2.20. The number of aliphatic hydroxyl groups is 2. The van der Waals surface area contributed by atoms with Gasteiger partial charge in [-0.3, -0.25) is 0 Å². The molecule has 1 aromatic carbocycles. The molecule has 0 spiro atoms. The summed E-state index contributed by atoms with van der Waals surface area (Å²) in [6.07, 6.45) is 4.90. The van der Waals surface area contributed by atoms with Gasteiger partial charge in [-0.1, -0.05) is 50.5 Å². The molecule has 0 bridgehead atoms. The van der Waals surface area contributed by atoms with Crippen molar-refractivity contribution in [1.29, 1.82) is 0 Å².